The van der Waals surface area contributed by atoms with Gasteiger partial charge < -0.3 is 4.90 Å². The molecule has 0 amide bonds. The van der Waals surface area contributed by atoms with Gasteiger partial charge in [-0.2, -0.15) is 0 Å². The van der Waals surface area contributed by atoms with Gasteiger partial charge in [0.15, 0.2) is 0 Å². The van der Waals surface area contributed by atoms with E-state index in [2.05, 4.69) is 123 Å². The molecule has 0 saturated heterocycles. The van der Waals surface area contributed by atoms with Crippen LogP contribution in [-0.2, 0) is 11.3 Å². The van der Waals surface area contributed by atoms with E-state index in [1.54, 1.807) is 0 Å². The Kier molecular flexibility index (Phi) is 21.5. The van der Waals surface area contributed by atoms with E-state index in [1.807, 2.05) is 13.8 Å². The number of rotatable bonds is 3. The Morgan fingerprint density at radius 1 is 1.12 bits per heavy atom. The third-order valence-corrected chi connectivity index (χ3v) is 3.57. The molecule has 0 N–H and O–H groups in total. The summed E-state index contributed by atoms with van der Waals surface area (Å²) in [5.41, 5.74) is 7.12. The van der Waals surface area contributed by atoms with Crippen molar-refractivity contribution in [2.45, 2.75) is 62.3 Å². The molecule has 146 valence electrons. The minimum absolute atomic E-state index is 0. The van der Waals surface area contributed by atoms with Gasteiger partial charge in [0.1, 0.15) is 0 Å². The zero-order chi connectivity index (χ0) is 18.0. The molecule has 0 aromatic heterocycles. The van der Waals surface area contributed by atoms with E-state index in [0.29, 0.717) is 0 Å². The van der Waals surface area contributed by atoms with E-state index in [4.69, 9.17) is 0 Å². The number of halogens is 3. The van der Waals surface area contributed by atoms with Gasteiger partial charge in [-0.05, 0) is 61.7 Å². The van der Waals surface area contributed by atoms with Crippen molar-refractivity contribution >= 4 is 71.2 Å². The van der Waals surface area contributed by atoms with Crippen molar-refractivity contribution in [3.63, 3.8) is 0 Å². The Labute approximate surface area is 195 Å². The Balaban J connectivity index is -0.000000536. The van der Waals surface area contributed by atoms with Crippen LogP contribution in [0, 0.1) is 0 Å². The summed E-state index contributed by atoms with van der Waals surface area (Å²) in [4.78, 5) is 1.91. The van der Waals surface area contributed by atoms with Gasteiger partial charge in [0.05, 0.1) is 0 Å². The molecule has 1 aromatic carbocycles. The predicted molar refractivity (Wildman–Crippen MR) is 143 cm³/mol. The first-order valence-electron chi connectivity index (χ1n) is 7.83. The molecule has 0 unspecified atom stereocenters. The van der Waals surface area contributed by atoms with E-state index in [1.165, 1.54) is 28.0 Å². The van der Waals surface area contributed by atoms with Crippen LogP contribution in [0.15, 0.2) is 36.0 Å². The molecule has 0 saturated carbocycles. The SMILES string of the molecule is C.C.CC.CCC=CN(C)c1ccc2c(c1)C(C)=C(C)C2.[I][V]([I])[I]. The van der Waals surface area contributed by atoms with Crippen LogP contribution in [0.2, 0.25) is 0 Å². The quantitative estimate of drug-likeness (QED) is 0.282. The molecule has 1 aromatic rings. The van der Waals surface area contributed by atoms with Crippen molar-refractivity contribution in [3.8, 4) is 0 Å². The number of allylic oxidation sites excluding steroid dienone is 3. The summed E-state index contributed by atoms with van der Waals surface area (Å²) in [7, 11) is 2.11. The van der Waals surface area contributed by atoms with Gasteiger partial charge in [0, 0.05) is 12.7 Å². The summed E-state index contributed by atoms with van der Waals surface area (Å²) >= 11 is 7.39. The summed E-state index contributed by atoms with van der Waals surface area (Å²) in [5, 5.41) is 0. The standard InChI is InChI=1S/C16H21N.C2H6.2CH4.3HI.V/c1-5-6-9-17(4)15-8-7-14-10-12(2)13(3)16(14)11-15;1-2;;;;;;/h6-9,11H,5,10H2,1-4H3;1-2H3;2*1H4;3*1H;/q;;;;;;;+3/p-3. The molecule has 0 radical (unpaired) electrons. The zero-order valence-corrected chi connectivity index (χ0v) is 22.7. The zero-order valence-electron chi connectivity index (χ0n) is 14.8. The van der Waals surface area contributed by atoms with Gasteiger partial charge in [-0.1, -0.05) is 53.3 Å². The summed E-state index contributed by atoms with van der Waals surface area (Å²) in [6.45, 7) is 10.6. The number of nitrogens with zero attached hydrogens (tertiary/aromatic N) is 1. The average molecular weight is 721 g/mol. The number of anilines is 1. The molecule has 1 aliphatic rings. The topological polar surface area (TPSA) is 3.24 Å². The first-order valence-corrected chi connectivity index (χ1v) is 21.3. The molecule has 1 aliphatic carbocycles. The monoisotopic (exact) mass is 721 g/mol. The Bertz CT molecular complexity index is 537. The van der Waals surface area contributed by atoms with Crippen LogP contribution in [0.5, 0.6) is 0 Å². The molecule has 0 atom stereocenters. The second-order valence-electron chi connectivity index (χ2n) is 5.02. The van der Waals surface area contributed by atoms with Crippen molar-refractivity contribution in [2.75, 3.05) is 11.9 Å². The molecular weight excluding hydrogens is 686 g/mol. The third kappa shape index (κ3) is 11.7. The number of fused-ring (bicyclic) bond motifs is 1. The van der Waals surface area contributed by atoms with E-state index in [-0.39, 0.29) is 19.8 Å². The Morgan fingerprint density at radius 2 is 1.64 bits per heavy atom. The fraction of sp³-hybridized carbons (Fsp3) is 0.500. The van der Waals surface area contributed by atoms with E-state index >= 15 is 0 Å². The Hall–Kier alpha value is 1.27. The van der Waals surface area contributed by atoms with Crippen LogP contribution >= 0.6 is 59.9 Å². The van der Waals surface area contributed by atoms with Gasteiger partial charge in [-0.25, -0.2) is 0 Å². The molecule has 5 heteroatoms. The summed E-state index contributed by atoms with van der Waals surface area (Å²) in [6, 6.07) is 6.78. The van der Waals surface area contributed by atoms with Crippen LogP contribution in [0.1, 0.15) is 67.0 Å². The first-order chi connectivity index (χ1) is 10.9. The third-order valence-electron chi connectivity index (χ3n) is 3.57. The molecule has 1 nitrogen and oxygen atoms in total. The fourth-order valence-electron chi connectivity index (χ4n) is 2.28. The van der Waals surface area contributed by atoms with E-state index in [0.717, 1.165) is 12.8 Å². The van der Waals surface area contributed by atoms with E-state index in [9.17, 15) is 0 Å². The van der Waals surface area contributed by atoms with Crippen molar-refractivity contribution in [3.05, 3.63) is 47.2 Å². The number of hydrogen-bond acceptors (Lipinski definition) is 1. The van der Waals surface area contributed by atoms with Crippen molar-refractivity contribution in [1.29, 1.82) is 0 Å². The maximum absolute atomic E-state index is 2.46. The summed E-state index contributed by atoms with van der Waals surface area (Å²) in [6.07, 6.45) is 6.52. The molecule has 0 fully saturated rings. The van der Waals surface area contributed by atoms with Crippen LogP contribution in [-0.4, -0.2) is 7.05 Å². The van der Waals surface area contributed by atoms with Gasteiger partial charge >= 0.3 is 64.9 Å². The van der Waals surface area contributed by atoms with Crippen LogP contribution < -0.4 is 4.90 Å². The first kappa shape index (κ1) is 31.0. The summed E-state index contributed by atoms with van der Waals surface area (Å²) in [5.74, 6) is 0. The normalized spacial score (nSPS) is 11.6. The predicted octanol–water partition coefficient (Wildman–Crippen LogP) is 9.35. The van der Waals surface area contributed by atoms with Crippen LogP contribution in [0.4, 0.5) is 5.69 Å². The average Bonchev–Trinajstić information content (AvgIpc) is 2.81. The molecule has 0 bridgehead atoms. The van der Waals surface area contributed by atoms with E-state index < -0.39 is 0 Å². The fourth-order valence-corrected chi connectivity index (χ4v) is 2.28. The summed E-state index contributed by atoms with van der Waals surface area (Å²) < 4.78 is 0. The number of benzene rings is 1. The van der Waals surface area contributed by atoms with Crippen molar-refractivity contribution in [1.82, 2.24) is 0 Å². The number of hydrogen-bond donors (Lipinski definition) is 0. The molecular formula is C20H35I3NV. The molecule has 2 rings (SSSR count). The molecule has 0 aliphatic heterocycles. The second-order valence-corrected chi connectivity index (χ2v) is 40.4. The van der Waals surface area contributed by atoms with Crippen molar-refractivity contribution < 1.29 is 4.92 Å². The van der Waals surface area contributed by atoms with Crippen LogP contribution in [0.3, 0.4) is 0 Å². The van der Waals surface area contributed by atoms with Gasteiger partial charge in [-0.15, -0.1) is 0 Å². The Morgan fingerprint density at radius 3 is 2.12 bits per heavy atom. The van der Waals surface area contributed by atoms with Crippen molar-refractivity contribution in [2.24, 2.45) is 0 Å². The van der Waals surface area contributed by atoms with Crippen LogP contribution in [0.25, 0.3) is 5.57 Å². The molecule has 0 heterocycles. The second kappa shape index (κ2) is 17.4. The molecule has 0 spiro atoms. The van der Waals surface area contributed by atoms with Gasteiger partial charge in [0.25, 0.3) is 0 Å². The minimum atomic E-state index is -0.278. The maximum atomic E-state index is 2.46. The van der Waals surface area contributed by atoms with Gasteiger partial charge in [0.2, 0.25) is 0 Å². The van der Waals surface area contributed by atoms with Gasteiger partial charge in [-0.3, -0.25) is 0 Å². The molecule has 25 heavy (non-hydrogen) atoms.